The molecule has 23 heavy (non-hydrogen) atoms. The van der Waals surface area contributed by atoms with E-state index in [0.29, 0.717) is 18.6 Å². The first-order chi connectivity index (χ1) is 11.1. The first kappa shape index (κ1) is 18.2. The second-order valence-corrected chi connectivity index (χ2v) is 7.03. The fourth-order valence-electron chi connectivity index (χ4n) is 2.77. The van der Waals surface area contributed by atoms with E-state index in [-0.39, 0.29) is 17.9 Å². The molecule has 0 aliphatic carbocycles. The van der Waals surface area contributed by atoms with E-state index in [9.17, 15) is 9.90 Å². The lowest BCUT2D eigenvalue weighted by Gasteiger charge is -2.39. The van der Waals surface area contributed by atoms with Crippen LogP contribution in [0, 0.1) is 0 Å². The van der Waals surface area contributed by atoms with Crippen molar-refractivity contribution in [3.8, 4) is 0 Å². The molecule has 0 saturated carbocycles. The third-order valence-electron chi connectivity index (χ3n) is 3.79. The Morgan fingerprint density at radius 3 is 3.04 bits per heavy atom. The van der Waals surface area contributed by atoms with Crippen LogP contribution < -0.4 is 0 Å². The summed E-state index contributed by atoms with van der Waals surface area (Å²) in [6.07, 6.45) is 5.03. The summed E-state index contributed by atoms with van der Waals surface area (Å²) in [6.45, 7) is 2.18. The van der Waals surface area contributed by atoms with Crippen molar-refractivity contribution in [2.75, 3.05) is 18.1 Å². The molecule has 1 fully saturated rings. The number of aliphatic hydroxyl groups is 1. The smallest absolute Gasteiger partial charge is 0.344 e. The fourth-order valence-corrected chi connectivity index (χ4v) is 4.02. The molecule has 0 aromatic carbocycles. The zero-order valence-electron chi connectivity index (χ0n) is 13.2. The molecule has 0 aromatic heterocycles. The van der Waals surface area contributed by atoms with Crippen LogP contribution in [-0.4, -0.2) is 40.5 Å². The summed E-state index contributed by atoms with van der Waals surface area (Å²) in [5.74, 6) is 1.36. The minimum Gasteiger partial charge on any atom is -0.511 e. The van der Waals surface area contributed by atoms with Crippen LogP contribution in [0.1, 0.15) is 39.0 Å². The van der Waals surface area contributed by atoms with E-state index in [0.717, 1.165) is 30.8 Å². The van der Waals surface area contributed by atoms with E-state index in [1.807, 2.05) is 6.92 Å². The van der Waals surface area contributed by atoms with E-state index in [4.69, 9.17) is 21.2 Å². The van der Waals surface area contributed by atoms with Crippen LogP contribution in [0.15, 0.2) is 28.1 Å². The summed E-state index contributed by atoms with van der Waals surface area (Å²) in [4.78, 5) is 17.6. The van der Waals surface area contributed by atoms with Gasteiger partial charge in [-0.05, 0) is 31.1 Å². The standard InChI is InChI=1S/C16H22ClNO4S/c1-2-5-12(18-21-8-4-7-17)14-13(19)10-16(22-15(14)20)6-3-9-23-11-16/h4,7,19H,2-3,5-6,8-11H2,1H3. The van der Waals surface area contributed by atoms with Crippen LogP contribution in [-0.2, 0) is 14.4 Å². The predicted octanol–water partition coefficient (Wildman–Crippen LogP) is 3.94. The number of carbonyl (C=O) groups is 1. The number of aliphatic hydroxyl groups excluding tert-OH is 1. The number of oxime groups is 1. The maximum absolute atomic E-state index is 12.5. The lowest BCUT2D eigenvalue weighted by atomic mass is 9.88. The molecule has 2 rings (SSSR count). The second-order valence-electron chi connectivity index (χ2n) is 5.67. The van der Waals surface area contributed by atoms with Gasteiger partial charge in [-0.3, -0.25) is 0 Å². The molecule has 128 valence electrons. The zero-order valence-corrected chi connectivity index (χ0v) is 14.8. The number of ether oxygens (including phenoxy) is 1. The molecule has 2 aliphatic heterocycles. The molecule has 1 atom stereocenters. The predicted molar refractivity (Wildman–Crippen MR) is 92.9 cm³/mol. The van der Waals surface area contributed by atoms with Gasteiger partial charge in [0.2, 0.25) is 0 Å². The quantitative estimate of drug-likeness (QED) is 0.337. The van der Waals surface area contributed by atoms with Crippen LogP contribution in [0.3, 0.4) is 0 Å². The van der Waals surface area contributed by atoms with Crippen LogP contribution in [0.25, 0.3) is 0 Å². The Hall–Kier alpha value is -1.14. The molecule has 2 aliphatic rings. The molecule has 1 saturated heterocycles. The van der Waals surface area contributed by atoms with Gasteiger partial charge in [0, 0.05) is 17.7 Å². The number of halogens is 1. The van der Waals surface area contributed by atoms with Gasteiger partial charge < -0.3 is 14.7 Å². The van der Waals surface area contributed by atoms with Gasteiger partial charge in [0.15, 0.2) is 0 Å². The number of nitrogens with zero attached hydrogens (tertiary/aromatic N) is 1. The van der Waals surface area contributed by atoms with Crippen molar-refractivity contribution < 1.29 is 19.5 Å². The van der Waals surface area contributed by atoms with Gasteiger partial charge >= 0.3 is 5.97 Å². The van der Waals surface area contributed by atoms with E-state index < -0.39 is 11.6 Å². The van der Waals surface area contributed by atoms with Crippen LogP contribution in [0.4, 0.5) is 0 Å². The first-order valence-electron chi connectivity index (χ1n) is 7.79. The Balaban J connectivity index is 2.20. The molecular weight excluding hydrogens is 338 g/mol. The average Bonchev–Trinajstić information content (AvgIpc) is 2.51. The monoisotopic (exact) mass is 359 g/mol. The van der Waals surface area contributed by atoms with Gasteiger partial charge in [-0.2, -0.15) is 11.8 Å². The van der Waals surface area contributed by atoms with Crippen LogP contribution in [0.5, 0.6) is 0 Å². The number of thioether (sulfide) groups is 1. The van der Waals surface area contributed by atoms with Crippen molar-refractivity contribution in [3.05, 3.63) is 22.9 Å². The number of rotatable bonds is 6. The van der Waals surface area contributed by atoms with Crippen molar-refractivity contribution in [2.24, 2.45) is 5.16 Å². The highest BCUT2D eigenvalue weighted by molar-refractivity contribution is 7.99. The highest BCUT2D eigenvalue weighted by Gasteiger charge is 2.44. The number of carbonyl (C=O) groups excluding carboxylic acids is 1. The van der Waals surface area contributed by atoms with Gasteiger partial charge in [-0.1, -0.05) is 30.1 Å². The summed E-state index contributed by atoms with van der Waals surface area (Å²) < 4.78 is 5.70. The molecule has 0 amide bonds. The van der Waals surface area contributed by atoms with Crippen molar-refractivity contribution in [3.63, 3.8) is 0 Å². The molecule has 5 nitrogen and oxygen atoms in total. The van der Waals surface area contributed by atoms with Gasteiger partial charge in [-0.25, -0.2) is 4.79 Å². The third-order valence-corrected chi connectivity index (χ3v) is 5.27. The summed E-state index contributed by atoms with van der Waals surface area (Å²) in [5.41, 5.74) is 1.36. The van der Waals surface area contributed by atoms with Crippen LogP contribution in [0.2, 0.25) is 0 Å². The highest BCUT2D eigenvalue weighted by Crippen LogP contribution is 2.39. The van der Waals surface area contributed by atoms with Gasteiger partial charge in [0.1, 0.15) is 23.5 Å². The topological polar surface area (TPSA) is 68.1 Å². The SMILES string of the molecule is CCCC(=NOCC=CCl)C1=C(O)CC2(CCCSC2)OC1=O. The van der Waals surface area contributed by atoms with Crippen LogP contribution >= 0.6 is 23.4 Å². The van der Waals surface area contributed by atoms with Gasteiger partial charge in [-0.15, -0.1) is 0 Å². The molecule has 2 heterocycles. The molecule has 0 bridgehead atoms. The summed E-state index contributed by atoms with van der Waals surface area (Å²) in [5, 5.41) is 14.4. The second kappa shape index (κ2) is 8.64. The van der Waals surface area contributed by atoms with E-state index in [1.54, 1.807) is 17.8 Å². The third kappa shape index (κ3) is 4.67. The number of hydrogen-bond acceptors (Lipinski definition) is 6. The lowest BCUT2D eigenvalue weighted by Crippen LogP contribution is -2.45. The Kier molecular flexibility index (Phi) is 6.84. The highest BCUT2D eigenvalue weighted by atomic mass is 35.5. The minimum atomic E-state index is -0.562. The Labute approximate surface area is 145 Å². The van der Waals surface area contributed by atoms with E-state index in [1.165, 1.54) is 5.54 Å². The largest absolute Gasteiger partial charge is 0.511 e. The van der Waals surface area contributed by atoms with Crippen molar-refractivity contribution in [1.29, 1.82) is 0 Å². The maximum Gasteiger partial charge on any atom is 0.344 e. The van der Waals surface area contributed by atoms with Crippen molar-refractivity contribution >= 4 is 35.0 Å². The van der Waals surface area contributed by atoms with Crippen molar-refractivity contribution in [1.82, 2.24) is 0 Å². The maximum atomic E-state index is 12.5. The Bertz CT molecular complexity index is 524. The van der Waals surface area contributed by atoms with E-state index >= 15 is 0 Å². The first-order valence-corrected chi connectivity index (χ1v) is 9.38. The molecule has 7 heteroatoms. The Morgan fingerprint density at radius 2 is 2.43 bits per heavy atom. The number of esters is 1. The fraction of sp³-hybridized carbons (Fsp3) is 0.625. The zero-order chi connectivity index (χ0) is 16.7. The average molecular weight is 360 g/mol. The molecule has 1 spiro atoms. The van der Waals surface area contributed by atoms with Gasteiger partial charge in [0.25, 0.3) is 0 Å². The van der Waals surface area contributed by atoms with Crippen molar-refractivity contribution in [2.45, 2.75) is 44.6 Å². The molecule has 1 unspecified atom stereocenters. The molecule has 0 aromatic rings. The Morgan fingerprint density at radius 1 is 1.61 bits per heavy atom. The normalized spacial score (nSPS) is 26.0. The molecule has 0 radical (unpaired) electrons. The van der Waals surface area contributed by atoms with Gasteiger partial charge in [0.05, 0.1) is 5.71 Å². The molecular formula is C16H22ClNO4S. The summed E-state index contributed by atoms with van der Waals surface area (Å²) in [6, 6.07) is 0. The minimum absolute atomic E-state index is 0.0624. The molecule has 1 N–H and O–H groups in total. The lowest BCUT2D eigenvalue weighted by molar-refractivity contribution is -0.156. The van der Waals surface area contributed by atoms with E-state index in [2.05, 4.69) is 5.16 Å². The summed E-state index contributed by atoms with van der Waals surface area (Å²) in [7, 11) is 0. The summed E-state index contributed by atoms with van der Waals surface area (Å²) >= 11 is 7.18. The number of hydrogen-bond donors (Lipinski definition) is 1.